The summed E-state index contributed by atoms with van der Waals surface area (Å²) in [6.45, 7) is 0.472. The molecule has 0 radical (unpaired) electrons. The average molecular weight is 477 g/mol. The molecule has 1 atom stereocenters. The predicted octanol–water partition coefficient (Wildman–Crippen LogP) is 4.40. The molecular formula is C26H24N2O5S. The molecule has 0 saturated heterocycles. The van der Waals surface area contributed by atoms with Crippen LogP contribution in [0.3, 0.4) is 0 Å². The number of fused-ring (bicyclic) bond motifs is 2. The molecule has 1 aliphatic rings. The summed E-state index contributed by atoms with van der Waals surface area (Å²) in [4.78, 5) is 32.3. The smallest absolute Gasteiger partial charge is 0.264 e. The van der Waals surface area contributed by atoms with Gasteiger partial charge in [0.25, 0.3) is 11.5 Å². The zero-order valence-electron chi connectivity index (χ0n) is 19.1. The van der Waals surface area contributed by atoms with Crippen LogP contribution in [0.1, 0.15) is 32.4 Å². The summed E-state index contributed by atoms with van der Waals surface area (Å²) < 4.78 is 16.4. The van der Waals surface area contributed by atoms with Gasteiger partial charge in [-0.3, -0.25) is 9.59 Å². The van der Waals surface area contributed by atoms with E-state index in [9.17, 15) is 9.59 Å². The Labute approximate surface area is 200 Å². The molecule has 0 aliphatic carbocycles. The normalized spacial score (nSPS) is 15.1. The molecule has 1 N–H and O–H groups in total. The fraction of sp³-hybridized carbons (Fsp3) is 0.231. The molecule has 174 valence electrons. The molecule has 2 aromatic carbocycles. The number of ether oxygens (including phenoxy) is 3. The molecule has 1 unspecified atom stereocenters. The number of H-pyrrole nitrogens is 1. The minimum absolute atomic E-state index is 0.106. The molecule has 5 rings (SSSR count). The maximum atomic E-state index is 13.6. The van der Waals surface area contributed by atoms with Crippen molar-refractivity contribution in [2.75, 3.05) is 27.9 Å². The number of methoxy groups -OCH3 is 3. The Kier molecular flexibility index (Phi) is 5.75. The molecule has 8 heteroatoms. The van der Waals surface area contributed by atoms with Gasteiger partial charge in [-0.25, -0.2) is 0 Å². The van der Waals surface area contributed by atoms with Crippen LogP contribution >= 0.6 is 11.3 Å². The Hall–Kier alpha value is -3.78. The van der Waals surface area contributed by atoms with Crippen LogP contribution in [0.4, 0.5) is 0 Å². The quantitative estimate of drug-likeness (QED) is 0.462. The van der Waals surface area contributed by atoms with E-state index in [0.717, 1.165) is 16.5 Å². The van der Waals surface area contributed by atoms with Crippen molar-refractivity contribution in [1.29, 1.82) is 0 Å². The lowest BCUT2D eigenvalue weighted by Crippen LogP contribution is -2.42. The lowest BCUT2D eigenvalue weighted by Gasteiger charge is -2.37. The highest BCUT2D eigenvalue weighted by molar-refractivity contribution is 7.12. The van der Waals surface area contributed by atoms with Gasteiger partial charge in [-0.2, -0.15) is 0 Å². The Balaban J connectivity index is 1.74. The second-order valence-corrected chi connectivity index (χ2v) is 8.99. The SMILES string of the molecule is COc1ccc2[nH]c(=O)c(C3c4cc(OC)c(OC)cc4CCN3C(=O)c3cccs3)cc2c1. The molecule has 34 heavy (non-hydrogen) atoms. The van der Waals surface area contributed by atoms with Gasteiger partial charge in [0.2, 0.25) is 0 Å². The van der Waals surface area contributed by atoms with Crippen molar-refractivity contribution in [2.45, 2.75) is 12.5 Å². The van der Waals surface area contributed by atoms with Crippen LogP contribution in [0.2, 0.25) is 0 Å². The molecule has 0 bridgehead atoms. The van der Waals surface area contributed by atoms with E-state index in [0.29, 0.717) is 46.2 Å². The maximum absolute atomic E-state index is 13.6. The highest BCUT2D eigenvalue weighted by atomic mass is 32.1. The van der Waals surface area contributed by atoms with E-state index >= 15 is 0 Å². The number of carbonyl (C=O) groups is 1. The van der Waals surface area contributed by atoms with Gasteiger partial charge in [0, 0.05) is 23.0 Å². The topological polar surface area (TPSA) is 80.9 Å². The standard InChI is InChI=1S/C26H24N2O5S/c1-31-17-6-7-20-16(11-17)12-19(25(29)27-20)24-18-14-22(33-3)21(32-2)13-15(18)8-9-28(24)26(30)23-5-4-10-34-23/h4-7,10-14,24H,8-9H2,1-3H3,(H,27,29). The molecular weight excluding hydrogens is 452 g/mol. The molecule has 1 aliphatic heterocycles. The number of nitrogens with one attached hydrogen (secondary N) is 1. The Morgan fingerprint density at radius 2 is 1.79 bits per heavy atom. The van der Waals surface area contributed by atoms with Gasteiger partial charge < -0.3 is 24.1 Å². The Morgan fingerprint density at radius 1 is 1.00 bits per heavy atom. The summed E-state index contributed by atoms with van der Waals surface area (Å²) in [6.07, 6.45) is 0.641. The van der Waals surface area contributed by atoms with Crippen molar-refractivity contribution in [3.05, 3.63) is 85.8 Å². The van der Waals surface area contributed by atoms with Crippen LogP contribution in [0, 0.1) is 0 Å². The van der Waals surface area contributed by atoms with Gasteiger partial charge in [-0.1, -0.05) is 6.07 Å². The molecule has 0 spiro atoms. The molecule has 0 saturated carbocycles. The van der Waals surface area contributed by atoms with Crippen LogP contribution in [-0.2, 0) is 6.42 Å². The summed E-state index contributed by atoms with van der Waals surface area (Å²) in [7, 11) is 4.77. The van der Waals surface area contributed by atoms with Crippen LogP contribution in [0.25, 0.3) is 10.9 Å². The van der Waals surface area contributed by atoms with Crippen molar-refractivity contribution in [3.63, 3.8) is 0 Å². The average Bonchev–Trinajstić information content (AvgIpc) is 3.41. The maximum Gasteiger partial charge on any atom is 0.264 e. The minimum atomic E-state index is -0.586. The number of rotatable bonds is 5. The number of carbonyl (C=O) groups excluding carboxylic acids is 1. The number of amides is 1. The van der Waals surface area contributed by atoms with Crippen molar-refractivity contribution in [2.24, 2.45) is 0 Å². The lowest BCUT2D eigenvalue weighted by atomic mass is 9.87. The van der Waals surface area contributed by atoms with E-state index in [2.05, 4.69) is 4.98 Å². The van der Waals surface area contributed by atoms with Crippen LogP contribution in [-0.4, -0.2) is 43.7 Å². The van der Waals surface area contributed by atoms with Gasteiger partial charge in [0.1, 0.15) is 5.75 Å². The lowest BCUT2D eigenvalue weighted by molar-refractivity contribution is 0.0698. The first kappa shape index (κ1) is 22.0. The monoisotopic (exact) mass is 476 g/mol. The van der Waals surface area contributed by atoms with Crippen molar-refractivity contribution in [3.8, 4) is 17.2 Å². The fourth-order valence-corrected chi connectivity index (χ4v) is 5.25. The molecule has 7 nitrogen and oxygen atoms in total. The minimum Gasteiger partial charge on any atom is -0.497 e. The van der Waals surface area contributed by atoms with Crippen LogP contribution < -0.4 is 19.8 Å². The van der Waals surface area contributed by atoms with E-state index in [1.54, 1.807) is 32.3 Å². The zero-order valence-corrected chi connectivity index (χ0v) is 19.9. The molecule has 0 fully saturated rings. The summed E-state index contributed by atoms with van der Waals surface area (Å²) >= 11 is 1.39. The van der Waals surface area contributed by atoms with Crippen LogP contribution in [0.15, 0.2) is 58.7 Å². The summed E-state index contributed by atoms with van der Waals surface area (Å²) in [5, 5.41) is 2.70. The summed E-state index contributed by atoms with van der Waals surface area (Å²) in [5.41, 5.74) is 2.81. The summed E-state index contributed by atoms with van der Waals surface area (Å²) in [6, 6.07) is 14.2. The predicted molar refractivity (Wildman–Crippen MR) is 132 cm³/mol. The molecule has 3 heterocycles. The molecule has 4 aromatic rings. The van der Waals surface area contributed by atoms with Gasteiger partial charge in [-0.15, -0.1) is 11.3 Å². The highest BCUT2D eigenvalue weighted by Crippen LogP contribution is 2.41. The zero-order chi connectivity index (χ0) is 23.8. The van der Waals surface area contributed by atoms with Crippen LogP contribution in [0.5, 0.6) is 17.2 Å². The Morgan fingerprint density at radius 3 is 2.50 bits per heavy atom. The largest absolute Gasteiger partial charge is 0.497 e. The van der Waals surface area contributed by atoms with E-state index in [1.807, 2.05) is 47.8 Å². The third-order valence-electron chi connectivity index (χ3n) is 6.24. The van der Waals surface area contributed by atoms with E-state index in [1.165, 1.54) is 11.3 Å². The number of benzene rings is 2. The third kappa shape index (κ3) is 3.70. The fourth-order valence-electron chi connectivity index (χ4n) is 4.57. The summed E-state index contributed by atoms with van der Waals surface area (Å²) in [5.74, 6) is 1.75. The third-order valence-corrected chi connectivity index (χ3v) is 7.10. The first-order chi connectivity index (χ1) is 16.5. The first-order valence-electron chi connectivity index (χ1n) is 10.8. The van der Waals surface area contributed by atoms with E-state index < -0.39 is 6.04 Å². The second-order valence-electron chi connectivity index (χ2n) is 8.04. The Bertz CT molecular complexity index is 1430. The van der Waals surface area contributed by atoms with Gasteiger partial charge in [0.05, 0.1) is 32.2 Å². The van der Waals surface area contributed by atoms with Gasteiger partial charge in [-0.05, 0) is 65.4 Å². The number of hydrogen-bond donors (Lipinski definition) is 1. The highest BCUT2D eigenvalue weighted by Gasteiger charge is 2.35. The second kappa shape index (κ2) is 8.87. The number of hydrogen-bond acceptors (Lipinski definition) is 6. The number of thiophene rings is 1. The van der Waals surface area contributed by atoms with Gasteiger partial charge >= 0.3 is 0 Å². The van der Waals surface area contributed by atoms with E-state index in [4.69, 9.17) is 14.2 Å². The molecule has 2 aromatic heterocycles. The number of aromatic amines is 1. The van der Waals surface area contributed by atoms with E-state index in [-0.39, 0.29) is 11.5 Å². The first-order valence-corrected chi connectivity index (χ1v) is 11.7. The molecule has 1 amide bonds. The number of pyridine rings is 1. The van der Waals surface area contributed by atoms with Crippen molar-refractivity contribution < 1.29 is 19.0 Å². The number of aromatic nitrogens is 1. The van der Waals surface area contributed by atoms with Crippen molar-refractivity contribution in [1.82, 2.24) is 9.88 Å². The number of nitrogens with zero attached hydrogens (tertiary/aromatic N) is 1. The van der Waals surface area contributed by atoms with Gasteiger partial charge in [0.15, 0.2) is 11.5 Å². The van der Waals surface area contributed by atoms with Crippen molar-refractivity contribution >= 4 is 28.1 Å².